The van der Waals surface area contributed by atoms with Gasteiger partial charge in [0, 0.05) is 18.8 Å². The molecule has 1 aliphatic rings. The number of anilines is 1. The lowest BCUT2D eigenvalue weighted by atomic mass is 10.0. The second-order valence-corrected chi connectivity index (χ2v) is 4.73. The molecule has 0 amide bonds. The van der Waals surface area contributed by atoms with Crippen molar-refractivity contribution >= 4 is 5.69 Å². The van der Waals surface area contributed by atoms with Gasteiger partial charge in [0.2, 0.25) is 0 Å². The number of nitrogens with zero attached hydrogens (tertiary/aromatic N) is 2. The molecule has 102 valence electrons. The summed E-state index contributed by atoms with van der Waals surface area (Å²) < 4.78 is 39.3. The molecule has 1 aromatic rings. The van der Waals surface area contributed by atoms with E-state index in [1.807, 2.05) is 6.07 Å². The van der Waals surface area contributed by atoms with Crippen molar-refractivity contribution in [3.63, 3.8) is 0 Å². The first kappa shape index (κ1) is 13.7. The van der Waals surface area contributed by atoms with Crippen LogP contribution in [0.3, 0.4) is 0 Å². The molecule has 1 aliphatic heterocycles. The minimum atomic E-state index is -4.38. The summed E-state index contributed by atoms with van der Waals surface area (Å²) in [6.45, 7) is 1.33. The summed E-state index contributed by atoms with van der Waals surface area (Å²) in [4.78, 5) is 1.79. The molecule has 0 spiro atoms. The first-order valence-corrected chi connectivity index (χ1v) is 6.34. The molecular weight excluding hydrogens is 253 g/mol. The fourth-order valence-electron chi connectivity index (χ4n) is 2.42. The molecule has 1 saturated heterocycles. The number of benzene rings is 1. The molecule has 2 rings (SSSR count). The van der Waals surface area contributed by atoms with Gasteiger partial charge in [-0.2, -0.15) is 18.4 Å². The average molecular weight is 268 g/mol. The van der Waals surface area contributed by atoms with Gasteiger partial charge in [-0.25, -0.2) is 0 Å². The van der Waals surface area contributed by atoms with E-state index in [0.29, 0.717) is 18.7 Å². The van der Waals surface area contributed by atoms with Gasteiger partial charge in [0.25, 0.3) is 0 Å². The van der Waals surface area contributed by atoms with Crippen LogP contribution in [-0.4, -0.2) is 13.1 Å². The Morgan fingerprint density at radius 2 is 1.84 bits per heavy atom. The quantitative estimate of drug-likeness (QED) is 0.816. The van der Waals surface area contributed by atoms with Crippen molar-refractivity contribution < 1.29 is 13.2 Å². The van der Waals surface area contributed by atoms with Gasteiger partial charge in [-0.3, -0.25) is 0 Å². The lowest BCUT2D eigenvalue weighted by Gasteiger charge is -2.31. The number of halogens is 3. The zero-order valence-corrected chi connectivity index (χ0v) is 10.5. The third-order valence-corrected chi connectivity index (χ3v) is 3.35. The smallest absolute Gasteiger partial charge is 0.371 e. The maximum absolute atomic E-state index is 13.1. The summed E-state index contributed by atoms with van der Waals surface area (Å²) in [6, 6.07) is 6.10. The summed E-state index contributed by atoms with van der Waals surface area (Å²) in [7, 11) is 0. The minimum Gasteiger partial charge on any atom is -0.371 e. The Morgan fingerprint density at radius 1 is 1.16 bits per heavy atom. The Kier molecular flexibility index (Phi) is 3.98. The van der Waals surface area contributed by atoms with Crippen molar-refractivity contribution in [2.45, 2.75) is 31.9 Å². The first-order chi connectivity index (χ1) is 9.02. The van der Waals surface area contributed by atoms with Gasteiger partial charge >= 0.3 is 6.18 Å². The van der Waals surface area contributed by atoms with Crippen LogP contribution in [0.5, 0.6) is 0 Å². The molecule has 1 aromatic carbocycles. The van der Waals surface area contributed by atoms with Crippen LogP contribution in [0.15, 0.2) is 18.2 Å². The van der Waals surface area contributed by atoms with E-state index in [0.717, 1.165) is 25.3 Å². The van der Waals surface area contributed by atoms with Crippen LogP contribution in [0.1, 0.15) is 30.4 Å². The molecule has 1 fully saturated rings. The summed E-state index contributed by atoms with van der Waals surface area (Å²) in [5.41, 5.74) is 0.0339. The monoisotopic (exact) mass is 268 g/mol. The highest BCUT2D eigenvalue weighted by atomic mass is 19.4. The molecule has 0 saturated carbocycles. The highest BCUT2D eigenvalue weighted by Gasteiger charge is 2.35. The second kappa shape index (κ2) is 5.52. The van der Waals surface area contributed by atoms with Crippen LogP contribution in [0.25, 0.3) is 0 Å². The van der Waals surface area contributed by atoms with E-state index in [-0.39, 0.29) is 12.1 Å². The van der Waals surface area contributed by atoms with Gasteiger partial charge in [-0.15, -0.1) is 0 Å². The van der Waals surface area contributed by atoms with Crippen molar-refractivity contribution in [2.75, 3.05) is 18.0 Å². The van der Waals surface area contributed by atoms with Gasteiger partial charge in [0.1, 0.15) is 0 Å². The standard InChI is InChI=1S/C14H15F3N2/c15-14(16,17)12-10-11(6-7-18)4-5-13(12)19-8-2-1-3-9-19/h4-5,10H,1-3,6,8-9H2. The molecule has 19 heavy (non-hydrogen) atoms. The molecule has 0 radical (unpaired) electrons. The van der Waals surface area contributed by atoms with E-state index in [9.17, 15) is 13.2 Å². The first-order valence-electron chi connectivity index (χ1n) is 6.34. The third-order valence-electron chi connectivity index (χ3n) is 3.35. The predicted octanol–water partition coefficient (Wildman–Crippen LogP) is 3.76. The van der Waals surface area contributed by atoms with Crippen LogP contribution in [0.2, 0.25) is 0 Å². The Bertz CT molecular complexity index is 482. The summed E-state index contributed by atoms with van der Waals surface area (Å²) in [5.74, 6) is 0. The highest BCUT2D eigenvalue weighted by Crippen LogP contribution is 2.38. The second-order valence-electron chi connectivity index (χ2n) is 4.73. The maximum Gasteiger partial charge on any atom is 0.418 e. The van der Waals surface area contributed by atoms with Crippen LogP contribution in [0, 0.1) is 11.3 Å². The molecule has 5 heteroatoms. The van der Waals surface area contributed by atoms with Gasteiger partial charge in [-0.1, -0.05) is 6.07 Å². The Morgan fingerprint density at radius 3 is 2.42 bits per heavy atom. The molecule has 0 unspecified atom stereocenters. The number of hydrogen-bond acceptors (Lipinski definition) is 2. The van der Waals surface area contributed by atoms with E-state index in [1.54, 1.807) is 11.0 Å². The van der Waals surface area contributed by atoms with Crippen LogP contribution >= 0.6 is 0 Å². The number of piperidine rings is 1. The lowest BCUT2D eigenvalue weighted by molar-refractivity contribution is -0.137. The SMILES string of the molecule is N#CCc1ccc(N2CCCCC2)c(C(F)(F)F)c1. The molecule has 1 heterocycles. The summed E-state index contributed by atoms with van der Waals surface area (Å²) >= 11 is 0. The largest absolute Gasteiger partial charge is 0.418 e. The molecular formula is C14H15F3N2. The Labute approximate surface area is 110 Å². The number of rotatable bonds is 2. The molecule has 0 aromatic heterocycles. The lowest BCUT2D eigenvalue weighted by Crippen LogP contribution is -2.31. The van der Waals surface area contributed by atoms with Crippen LogP contribution < -0.4 is 4.90 Å². The van der Waals surface area contributed by atoms with E-state index in [4.69, 9.17) is 5.26 Å². The van der Waals surface area contributed by atoms with Gasteiger partial charge < -0.3 is 4.90 Å². The van der Waals surface area contributed by atoms with E-state index in [2.05, 4.69) is 0 Å². The molecule has 0 bridgehead atoms. The molecule has 2 nitrogen and oxygen atoms in total. The normalized spacial score (nSPS) is 16.2. The number of nitriles is 1. The topological polar surface area (TPSA) is 27.0 Å². The van der Waals surface area contributed by atoms with Crippen molar-refractivity contribution in [3.05, 3.63) is 29.3 Å². The fraction of sp³-hybridized carbons (Fsp3) is 0.500. The van der Waals surface area contributed by atoms with Gasteiger partial charge in [-0.05, 0) is 37.0 Å². The fourth-order valence-corrected chi connectivity index (χ4v) is 2.42. The predicted molar refractivity (Wildman–Crippen MR) is 66.8 cm³/mol. The van der Waals surface area contributed by atoms with Gasteiger partial charge in [0.05, 0.1) is 18.1 Å². The Hall–Kier alpha value is -1.70. The van der Waals surface area contributed by atoms with Crippen molar-refractivity contribution in [2.24, 2.45) is 0 Å². The minimum absolute atomic E-state index is 0.00333. The van der Waals surface area contributed by atoms with Crippen LogP contribution in [-0.2, 0) is 12.6 Å². The average Bonchev–Trinajstić information content (AvgIpc) is 2.39. The van der Waals surface area contributed by atoms with Gasteiger partial charge in [0.15, 0.2) is 0 Å². The molecule has 0 atom stereocenters. The van der Waals surface area contributed by atoms with Crippen molar-refractivity contribution in [1.29, 1.82) is 5.26 Å². The van der Waals surface area contributed by atoms with E-state index >= 15 is 0 Å². The number of hydrogen-bond donors (Lipinski definition) is 0. The Balaban J connectivity index is 2.39. The zero-order chi connectivity index (χ0) is 13.9. The van der Waals surface area contributed by atoms with E-state index < -0.39 is 11.7 Å². The van der Waals surface area contributed by atoms with Crippen molar-refractivity contribution in [1.82, 2.24) is 0 Å². The van der Waals surface area contributed by atoms with Crippen molar-refractivity contribution in [3.8, 4) is 6.07 Å². The maximum atomic E-state index is 13.1. The third kappa shape index (κ3) is 3.19. The van der Waals surface area contributed by atoms with E-state index in [1.165, 1.54) is 6.07 Å². The highest BCUT2D eigenvalue weighted by molar-refractivity contribution is 5.57. The zero-order valence-electron chi connectivity index (χ0n) is 10.5. The number of alkyl halides is 3. The molecule has 0 aliphatic carbocycles. The molecule has 0 N–H and O–H groups in total. The van der Waals surface area contributed by atoms with Crippen LogP contribution in [0.4, 0.5) is 18.9 Å². The summed E-state index contributed by atoms with van der Waals surface area (Å²) in [6.07, 6.45) is -1.44. The summed E-state index contributed by atoms with van der Waals surface area (Å²) in [5, 5.41) is 8.59.